The second-order valence-corrected chi connectivity index (χ2v) is 6.80. The Hall–Kier alpha value is -0.570. The molecule has 5 nitrogen and oxygen atoms in total. The number of sulfonamides is 1. The Bertz CT molecular complexity index is 636. The van der Waals surface area contributed by atoms with E-state index in [0.29, 0.717) is 11.0 Å². The minimum atomic E-state index is -3.47. The van der Waals surface area contributed by atoms with Gasteiger partial charge in [0, 0.05) is 18.6 Å². The van der Waals surface area contributed by atoms with Crippen LogP contribution in [0, 0.1) is 0 Å². The average molecular weight is 322 g/mol. The average Bonchev–Trinajstić information content (AvgIpc) is 2.66. The summed E-state index contributed by atoms with van der Waals surface area (Å²) in [5, 5.41) is 0. The van der Waals surface area contributed by atoms with Crippen molar-refractivity contribution in [2.45, 2.75) is 4.90 Å². The van der Waals surface area contributed by atoms with Crippen molar-refractivity contribution in [1.82, 2.24) is 13.1 Å². The lowest BCUT2D eigenvalue weighted by Gasteiger charge is -2.11. The fourth-order valence-corrected chi connectivity index (χ4v) is 3.40. The number of hydrogen-bond donors (Lipinski definition) is 0. The predicted octanol–water partition coefficient (Wildman–Crippen LogP) is 1.70. The zero-order chi connectivity index (χ0) is 11.9. The molecule has 16 heavy (non-hydrogen) atoms. The summed E-state index contributed by atoms with van der Waals surface area (Å²) in [4.78, 5) is 0.185. The summed E-state index contributed by atoms with van der Waals surface area (Å²) in [6.07, 6.45) is 0. The normalized spacial score (nSPS) is 12.5. The van der Waals surface area contributed by atoms with Crippen molar-refractivity contribution in [3.63, 3.8) is 0 Å². The van der Waals surface area contributed by atoms with Crippen molar-refractivity contribution < 1.29 is 8.42 Å². The SMILES string of the molecule is CN(C)S(=O)(=O)c1ccc(Br)c2nsnc12. The first-order valence-corrected chi connectivity index (χ1v) is 7.24. The molecule has 0 radical (unpaired) electrons. The molecule has 0 N–H and O–H groups in total. The van der Waals surface area contributed by atoms with Crippen molar-refractivity contribution in [1.29, 1.82) is 0 Å². The minimum absolute atomic E-state index is 0.185. The van der Waals surface area contributed by atoms with Crippen molar-refractivity contribution in [2.75, 3.05) is 14.1 Å². The van der Waals surface area contributed by atoms with E-state index < -0.39 is 10.0 Å². The fourth-order valence-electron chi connectivity index (χ4n) is 1.22. The van der Waals surface area contributed by atoms with Crippen LogP contribution in [0.5, 0.6) is 0 Å². The van der Waals surface area contributed by atoms with Crippen molar-refractivity contribution in [3.05, 3.63) is 16.6 Å². The van der Waals surface area contributed by atoms with Gasteiger partial charge in [0.05, 0.1) is 11.7 Å². The highest BCUT2D eigenvalue weighted by Gasteiger charge is 2.22. The molecule has 1 heterocycles. The summed E-state index contributed by atoms with van der Waals surface area (Å²) < 4.78 is 34.0. The molecule has 2 aromatic rings. The molecule has 0 saturated heterocycles. The lowest BCUT2D eigenvalue weighted by Crippen LogP contribution is -2.22. The third kappa shape index (κ3) is 1.75. The smallest absolute Gasteiger partial charge is 0.207 e. The summed E-state index contributed by atoms with van der Waals surface area (Å²) >= 11 is 4.31. The van der Waals surface area contributed by atoms with Crippen LogP contribution >= 0.6 is 27.7 Å². The summed E-state index contributed by atoms with van der Waals surface area (Å²) in [5.41, 5.74) is 0.987. The molecule has 0 aliphatic heterocycles. The van der Waals surface area contributed by atoms with Crippen LogP contribution < -0.4 is 0 Å². The highest BCUT2D eigenvalue weighted by molar-refractivity contribution is 9.10. The van der Waals surface area contributed by atoms with Gasteiger partial charge >= 0.3 is 0 Å². The van der Waals surface area contributed by atoms with Crippen LogP contribution in [0.15, 0.2) is 21.5 Å². The molecule has 0 bridgehead atoms. The van der Waals surface area contributed by atoms with Gasteiger partial charge in [-0.05, 0) is 28.1 Å². The fraction of sp³-hybridized carbons (Fsp3) is 0.250. The maximum absolute atomic E-state index is 12.0. The molecule has 0 amide bonds. The molecule has 0 fully saturated rings. The molecule has 1 aromatic heterocycles. The van der Waals surface area contributed by atoms with Gasteiger partial charge in [0.15, 0.2) is 0 Å². The third-order valence-electron chi connectivity index (χ3n) is 2.09. The maximum Gasteiger partial charge on any atom is 0.244 e. The number of benzene rings is 1. The molecule has 2 rings (SSSR count). The number of nitrogens with zero attached hydrogens (tertiary/aromatic N) is 3. The van der Waals surface area contributed by atoms with Gasteiger partial charge in [-0.2, -0.15) is 8.75 Å². The van der Waals surface area contributed by atoms with E-state index in [1.807, 2.05) is 0 Å². The first kappa shape index (κ1) is 11.9. The van der Waals surface area contributed by atoms with Gasteiger partial charge in [-0.25, -0.2) is 12.7 Å². The topological polar surface area (TPSA) is 63.2 Å². The molecule has 0 spiro atoms. The Morgan fingerprint density at radius 2 is 1.88 bits per heavy atom. The van der Waals surface area contributed by atoms with Crippen LogP contribution in [0.1, 0.15) is 0 Å². The second kappa shape index (κ2) is 4.02. The largest absolute Gasteiger partial charge is 0.244 e. The third-order valence-corrected chi connectivity index (χ3v) is 5.10. The van der Waals surface area contributed by atoms with E-state index in [0.717, 1.165) is 20.5 Å². The first-order valence-electron chi connectivity index (χ1n) is 4.28. The number of halogens is 1. The quantitative estimate of drug-likeness (QED) is 0.844. The second-order valence-electron chi connectivity index (χ2n) is 3.29. The number of rotatable bonds is 2. The van der Waals surface area contributed by atoms with E-state index in [4.69, 9.17) is 0 Å². The monoisotopic (exact) mass is 321 g/mol. The van der Waals surface area contributed by atoms with Gasteiger partial charge in [0.1, 0.15) is 15.9 Å². The molecule has 0 unspecified atom stereocenters. The molecular weight excluding hydrogens is 314 g/mol. The summed E-state index contributed by atoms with van der Waals surface area (Å²) in [5.74, 6) is 0. The zero-order valence-corrected chi connectivity index (χ0v) is 11.7. The van der Waals surface area contributed by atoms with Crippen molar-refractivity contribution >= 4 is 48.7 Å². The van der Waals surface area contributed by atoms with Crippen LogP contribution in [0.3, 0.4) is 0 Å². The first-order chi connectivity index (χ1) is 7.44. The van der Waals surface area contributed by atoms with Crippen molar-refractivity contribution in [3.8, 4) is 0 Å². The van der Waals surface area contributed by atoms with E-state index >= 15 is 0 Å². The van der Waals surface area contributed by atoms with Crippen LogP contribution in [0.25, 0.3) is 11.0 Å². The zero-order valence-electron chi connectivity index (χ0n) is 8.51. The summed E-state index contributed by atoms with van der Waals surface area (Å²) in [6, 6.07) is 3.20. The Labute approximate surface area is 106 Å². The lowest BCUT2D eigenvalue weighted by atomic mass is 10.3. The van der Waals surface area contributed by atoms with Gasteiger partial charge in [0.25, 0.3) is 0 Å². The molecule has 86 valence electrons. The van der Waals surface area contributed by atoms with E-state index in [-0.39, 0.29) is 4.90 Å². The Balaban J connectivity index is 2.81. The molecule has 8 heteroatoms. The number of hydrogen-bond acceptors (Lipinski definition) is 5. The van der Waals surface area contributed by atoms with E-state index in [2.05, 4.69) is 24.7 Å². The number of fused-ring (bicyclic) bond motifs is 1. The Morgan fingerprint density at radius 3 is 2.50 bits per heavy atom. The van der Waals surface area contributed by atoms with Gasteiger partial charge in [-0.15, -0.1) is 0 Å². The van der Waals surface area contributed by atoms with Gasteiger partial charge in [-0.1, -0.05) is 0 Å². The van der Waals surface area contributed by atoms with E-state index in [1.165, 1.54) is 20.2 Å². The van der Waals surface area contributed by atoms with E-state index in [9.17, 15) is 8.42 Å². The minimum Gasteiger partial charge on any atom is -0.207 e. The highest BCUT2D eigenvalue weighted by atomic mass is 79.9. The molecule has 0 aliphatic carbocycles. The molecular formula is C8H8BrN3O2S2. The Kier molecular flexibility index (Phi) is 2.99. The van der Waals surface area contributed by atoms with Crippen LogP contribution in [-0.4, -0.2) is 35.6 Å². The molecule has 0 atom stereocenters. The van der Waals surface area contributed by atoms with Crippen molar-refractivity contribution in [2.24, 2.45) is 0 Å². The van der Waals surface area contributed by atoms with E-state index in [1.54, 1.807) is 6.07 Å². The highest BCUT2D eigenvalue weighted by Crippen LogP contribution is 2.28. The Morgan fingerprint density at radius 1 is 1.25 bits per heavy atom. The van der Waals surface area contributed by atoms with Crippen LogP contribution in [0.2, 0.25) is 0 Å². The van der Waals surface area contributed by atoms with Gasteiger partial charge < -0.3 is 0 Å². The molecule has 0 saturated carbocycles. The maximum atomic E-state index is 12.0. The number of aromatic nitrogens is 2. The molecule has 1 aromatic carbocycles. The summed E-state index contributed by atoms with van der Waals surface area (Å²) in [7, 11) is -0.495. The van der Waals surface area contributed by atoms with Crippen LogP contribution in [-0.2, 0) is 10.0 Å². The van der Waals surface area contributed by atoms with Gasteiger partial charge in [-0.3, -0.25) is 0 Å². The standard InChI is InChI=1S/C8H8BrN3O2S2/c1-12(2)16(13,14)6-4-3-5(9)7-8(6)11-15-10-7/h3-4H,1-2H3. The predicted molar refractivity (Wildman–Crippen MR) is 66.0 cm³/mol. The van der Waals surface area contributed by atoms with Crippen LogP contribution in [0.4, 0.5) is 0 Å². The summed E-state index contributed by atoms with van der Waals surface area (Å²) in [6.45, 7) is 0. The lowest BCUT2D eigenvalue weighted by molar-refractivity contribution is 0.521. The molecule has 0 aliphatic rings. The van der Waals surface area contributed by atoms with Gasteiger partial charge in [0.2, 0.25) is 10.0 Å².